The highest BCUT2D eigenvalue weighted by Gasteiger charge is 2.21. The van der Waals surface area contributed by atoms with E-state index in [1.54, 1.807) is 25.0 Å². The first-order valence-electron chi connectivity index (χ1n) is 7.33. The minimum absolute atomic E-state index is 0.0293. The summed E-state index contributed by atoms with van der Waals surface area (Å²) < 4.78 is 11.1. The Kier molecular flexibility index (Phi) is 6.49. The van der Waals surface area contributed by atoms with Gasteiger partial charge in [0.15, 0.2) is 17.6 Å². The third-order valence-electron chi connectivity index (χ3n) is 3.44. The second kappa shape index (κ2) is 7.88. The lowest BCUT2D eigenvalue weighted by molar-refractivity contribution is -0.137. The quantitative estimate of drug-likeness (QED) is 0.838. The molecule has 0 heterocycles. The standard InChI is InChI=1S/C16H26N2O3/c1-6-18(7-2)16(19)12(4)21-14-9-8-13(11(3)17)10-15(14)20-5/h8-12H,6-7,17H2,1-5H3/t11-,12?/m0/s1. The summed E-state index contributed by atoms with van der Waals surface area (Å²) in [4.78, 5) is 14.0. The Labute approximate surface area is 127 Å². The van der Waals surface area contributed by atoms with Crippen molar-refractivity contribution in [2.45, 2.75) is 39.8 Å². The predicted octanol–water partition coefficient (Wildman–Crippen LogP) is 2.35. The Bertz CT molecular complexity index is 471. The summed E-state index contributed by atoms with van der Waals surface area (Å²) in [6.07, 6.45) is -0.556. The van der Waals surface area contributed by atoms with Crippen LogP contribution in [0.5, 0.6) is 11.5 Å². The van der Waals surface area contributed by atoms with Crippen LogP contribution in [0.3, 0.4) is 0 Å². The number of carbonyl (C=O) groups excluding carboxylic acids is 1. The number of ether oxygens (including phenoxy) is 2. The maximum Gasteiger partial charge on any atom is 0.263 e. The minimum atomic E-state index is -0.556. The molecule has 0 aliphatic carbocycles. The van der Waals surface area contributed by atoms with Crippen molar-refractivity contribution in [3.8, 4) is 11.5 Å². The van der Waals surface area contributed by atoms with Crippen molar-refractivity contribution < 1.29 is 14.3 Å². The number of hydrogen-bond acceptors (Lipinski definition) is 4. The summed E-state index contributed by atoms with van der Waals surface area (Å²) >= 11 is 0. The highest BCUT2D eigenvalue weighted by molar-refractivity contribution is 5.80. The van der Waals surface area contributed by atoms with Crippen molar-refractivity contribution in [2.75, 3.05) is 20.2 Å². The first-order valence-corrected chi connectivity index (χ1v) is 7.33. The van der Waals surface area contributed by atoms with E-state index in [0.29, 0.717) is 24.6 Å². The molecule has 0 aliphatic rings. The number of nitrogens with two attached hydrogens (primary N) is 1. The van der Waals surface area contributed by atoms with Crippen molar-refractivity contribution >= 4 is 5.91 Å². The van der Waals surface area contributed by atoms with E-state index >= 15 is 0 Å². The molecule has 0 spiro atoms. The lowest BCUT2D eigenvalue weighted by atomic mass is 10.1. The number of carbonyl (C=O) groups is 1. The van der Waals surface area contributed by atoms with E-state index in [0.717, 1.165) is 5.56 Å². The zero-order chi connectivity index (χ0) is 16.0. The van der Waals surface area contributed by atoms with Gasteiger partial charge in [-0.05, 0) is 45.4 Å². The Morgan fingerprint density at radius 1 is 1.24 bits per heavy atom. The molecule has 0 saturated carbocycles. The first kappa shape index (κ1) is 17.3. The van der Waals surface area contributed by atoms with Crippen LogP contribution in [0.15, 0.2) is 18.2 Å². The van der Waals surface area contributed by atoms with Gasteiger partial charge in [0, 0.05) is 19.1 Å². The van der Waals surface area contributed by atoms with E-state index < -0.39 is 6.10 Å². The molecule has 5 heteroatoms. The molecule has 118 valence electrons. The molecule has 0 fully saturated rings. The number of hydrogen-bond donors (Lipinski definition) is 1. The number of nitrogens with zero attached hydrogens (tertiary/aromatic N) is 1. The number of benzene rings is 1. The molecule has 1 aromatic carbocycles. The maximum absolute atomic E-state index is 12.2. The van der Waals surface area contributed by atoms with Crippen LogP contribution >= 0.6 is 0 Å². The summed E-state index contributed by atoms with van der Waals surface area (Å²) in [6, 6.07) is 5.44. The van der Waals surface area contributed by atoms with Gasteiger partial charge in [-0.3, -0.25) is 4.79 Å². The van der Waals surface area contributed by atoms with Crippen molar-refractivity contribution in [1.82, 2.24) is 4.90 Å². The maximum atomic E-state index is 12.2. The average molecular weight is 294 g/mol. The van der Waals surface area contributed by atoms with E-state index in [-0.39, 0.29) is 11.9 Å². The van der Waals surface area contributed by atoms with Crippen LogP contribution in [0.25, 0.3) is 0 Å². The Balaban J connectivity index is 2.89. The molecule has 0 bridgehead atoms. The third-order valence-corrected chi connectivity index (χ3v) is 3.44. The van der Waals surface area contributed by atoms with Gasteiger partial charge in [-0.25, -0.2) is 0 Å². The molecule has 21 heavy (non-hydrogen) atoms. The van der Waals surface area contributed by atoms with E-state index in [1.165, 1.54) is 0 Å². The molecule has 0 saturated heterocycles. The molecule has 0 aliphatic heterocycles. The molecule has 1 aromatic rings. The molecule has 1 unspecified atom stereocenters. The van der Waals surface area contributed by atoms with E-state index in [2.05, 4.69) is 0 Å². The number of amides is 1. The van der Waals surface area contributed by atoms with Crippen LogP contribution in [-0.4, -0.2) is 37.1 Å². The van der Waals surface area contributed by atoms with Gasteiger partial charge in [0.2, 0.25) is 0 Å². The number of likely N-dealkylation sites (N-methyl/N-ethyl adjacent to an activating group) is 1. The highest BCUT2D eigenvalue weighted by atomic mass is 16.5. The molecule has 1 amide bonds. The summed E-state index contributed by atoms with van der Waals surface area (Å²) in [5.41, 5.74) is 6.82. The van der Waals surface area contributed by atoms with Crippen molar-refractivity contribution in [2.24, 2.45) is 5.73 Å². The summed E-state index contributed by atoms with van der Waals surface area (Å²) in [5.74, 6) is 1.11. The smallest absolute Gasteiger partial charge is 0.263 e. The van der Waals surface area contributed by atoms with E-state index in [4.69, 9.17) is 15.2 Å². The van der Waals surface area contributed by atoms with Crippen LogP contribution in [0.1, 0.15) is 39.3 Å². The van der Waals surface area contributed by atoms with Gasteiger partial charge >= 0.3 is 0 Å². The monoisotopic (exact) mass is 294 g/mol. The number of rotatable bonds is 7. The Morgan fingerprint density at radius 3 is 2.33 bits per heavy atom. The first-order chi connectivity index (χ1) is 9.94. The zero-order valence-electron chi connectivity index (χ0n) is 13.6. The topological polar surface area (TPSA) is 64.8 Å². The fourth-order valence-corrected chi connectivity index (χ4v) is 2.10. The summed E-state index contributed by atoms with van der Waals surface area (Å²) in [6.45, 7) is 8.90. The SMILES string of the molecule is CCN(CC)C(=O)C(C)Oc1ccc([C@H](C)N)cc1OC. The van der Waals surface area contributed by atoms with Crippen molar-refractivity contribution in [1.29, 1.82) is 0 Å². The molecular formula is C16H26N2O3. The Morgan fingerprint density at radius 2 is 1.86 bits per heavy atom. The van der Waals surface area contributed by atoms with Crippen LogP contribution < -0.4 is 15.2 Å². The van der Waals surface area contributed by atoms with Crippen molar-refractivity contribution in [3.05, 3.63) is 23.8 Å². The normalized spacial score (nSPS) is 13.4. The Hall–Kier alpha value is -1.75. The van der Waals surface area contributed by atoms with Gasteiger partial charge in [-0.2, -0.15) is 0 Å². The third kappa shape index (κ3) is 4.36. The fraction of sp³-hybridized carbons (Fsp3) is 0.562. The second-order valence-electron chi connectivity index (χ2n) is 4.97. The van der Waals surface area contributed by atoms with Gasteiger partial charge in [-0.1, -0.05) is 6.07 Å². The number of methoxy groups -OCH3 is 1. The fourth-order valence-electron chi connectivity index (χ4n) is 2.10. The lowest BCUT2D eigenvalue weighted by Gasteiger charge is -2.24. The molecule has 2 N–H and O–H groups in total. The highest BCUT2D eigenvalue weighted by Crippen LogP contribution is 2.30. The van der Waals surface area contributed by atoms with Gasteiger partial charge in [0.25, 0.3) is 5.91 Å². The molecular weight excluding hydrogens is 268 g/mol. The molecule has 5 nitrogen and oxygen atoms in total. The van der Waals surface area contributed by atoms with Crippen LogP contribution in [0.2, 0.25) is 0 Å². The van der Waals surface area contributed by atoms with Gasteiger partial charge < -0.3 is 20.1 Å². The molecule has 2 atom stereocenters. The molecule has 0 aromatic heterocycles. The summed E-state index contributed by atoms with van der Waals surface area (Å²) in [5, 5.41) is 0. The van der Waals surface area contributed by atoms with E-state index in [1.807, 2.05) is 32.9 Å². The van der Waals surface area contributed by atoms with Gasteiger partial charge in [0.1, 0.15) is 0 Å². The lowest BCUT2D eigenvalue weighted by Crippen LogP contribution is -2.40. The van der Waals surface area contributed by atoms with Gasteiger partial charge in [0.05, 0.1) is 7.11 Å². The van der Waals surface area contributed by atoms with Crippen LogP contribution in [0, 0.1) is 0 Å². The second-order valence-corrected chi connectivity index (χ2v) is 4.97. The van der Waals surface area contributed by atoms with Crippen molar-refractivity contribution in [3.63, 3.8) is 0 Å². The molecule has 0 radical (unpaired) electrons. The minimum Gasteiger partial charge on any atom is -0.493 e. The predicted molar refractivity (Wildman–Crippen MR) is 83.6 cm³/mol. The van der Waals surface area contributed by atoms with Crippen LogP contribution in [0.4, 0.5) is 0 Å². The van der Waals surface area contributed by atoms with Gasteiger partial charge in [-0.15, -0.1) is 0 Å². The average Bonchev–Trinajstić information content (AvgIpc) is 2.48. The zero-order valence-corrected chi connectivity index (χ0v) is 13.6. The largest absolute Gasteiger partial charge is 0.493 e. The van der Waals surface area contributed by atoms with Crippen LogP contribution in [-0.2, 0) is 4.79 Å². The summed E-state index contributed by atoms with van der Waals surface area (Å²) in [7, 11) is 1.57. The molecule has 1 rings (SSSR count). The van der Waals surface area contributed by atoms with E-state index in [9.17, 15) is 4.79 Å².